The predicted octanol–water partition coefficient (Wildman–Crippen LogP) is 3.67. The third-order valence-electron chi connectivity index (χ3n) is 3.66. The molecule has 0 fully saturated rings. The zero-order valence-corrected chi connectivity index (χ0v) is 15.4. The summed E-state index contributed by atoms with van der Waals surface area (Å²) < 4.78 is 10.3. The second-order valence-corrected chi connectivity index (χ2v) is 5.77. The first-order chi connectivity index (χ1) is 12.0. The SMILES string of the molecule is CCOC(=O)c1cccc(NC(=S)NCc2cccc(OC)c2)c1C. The van der Waals surface area contributed by atoms with Gasteiger partial charge >= 0.3 is 5.97 Å². The number of hydrogen-bond acceptors (Lipinski definition) is 4. The number of ether oxygens (including phenoxy) is 2. The minimum Gasteiger partial charge on any atom is -0.497 e. The first-order valence-corrected chi connectivity index (χ1v) is 8.40. The van der Waals surface area contributed by atoms with Crippen LogP contribution in [-0.2, 0) is 11.3 Å². The Hall–Kier alpha value is -2.60. The maximum atomic E-state index is 12.0. The monoisotopic (exact) mass is 358 g/mol. The van der Waals surface area contributed by atoms with Crippen LogP contribution in [0.4, 0.5) is 5.69 Å². The molecule has 0 radical (unpaired) electrons. The van der Waals surface area contributed by atoms with E-state index in [1.54, 1.807) is 26.2 Å². The summed E-state index contributed by atoms with van der Waals surface area (Å²) in [6, 6.07) is 13.2. The molecule has 0 atom stereocenters. The average molecular weight is 358 g/mol. The van der Waals surface area contributed by atoms with Crippen LogP contribution in [-0.4, -0.2) is 24.8 Å². The molecule has 0 aliphatic rings. The lowest BCUT2D eigenvalue weighted by Crippen LogP contribution is -2.28. The van der Waals surface area contributed by atoms with E-state index in [-0.39, 0.29) is 5.97 Å². The molecule has 25 heavy (non-hydrogen) atoms. The van der Waals surface area contributed by atoms with Gasteiger partial charge in [-0.25, -0.2) is 4.79 Å². The Morgan fingerprint density at radius 3 is 2.68 bits per heavy atom. The van der Waals surface area contributed by atoms with Crippen LogP contribution in [0.5, 0.6) is 5.75 Å². The van der Waals surface area contributed by atoms with Gasteiger partial charge in [0.1, 0.15) is 5.75 Å². The summed E-state index contributed by atoms with van der Waals surface area (Å²) in [6.45, 7) is 4.56. The smallest absolute Gasteiger partial charge is 0.338 e. The van der Waals surface area contributed by atoms with Gasteiger partial charge in [0, 0.05) is 12.2 Å². The number of rotatable bonds is 6. The van der Waals surface area contributed by atoms with Crippen LogP contribution >= 0.6 is 12.2 Å². The highest BCUT2D eigenvalue weighted by atomic mass is 32.1. The third kappa shape index (κ3) is 5.19. The van der Waals surface area contributed by atoms with Crippen molar-refractivity contribution in [2.24, 2.45) is 0 Å². The van der Waals surface area contributed by atoms with Crippen LogP contribution in [0.1, 0.15) is 28.4 Å². The molecule has 0 spiro atoms. The van der Waals surface area contributed by atoms with E-state index in [9.17, 15) is 4.79 Å². The zero-order valence-electron chi connectivity index (χ0n) is 14.6. The highest BCUT2D eigenvalue weighted by molar-refractivity contribution is 7.80. The van der Waals surface area contributed by atoms with E-state index in [1.807, 2.05) is 37.3 Å². The van der Waals surface area contributed by atoms with Crippen molar-refractivity contribution in [3.8, 4) is 5.75 Å². The van der Waals surface area contributed by atoms with E-state index in [4.69, 9.17) is 21.7 Å². The normalized spacial score (nSPS) is 10.0. The molecule has 6 heteroatoms. The van der Waals surface area contributed by atoms with E-state index in [1.165, 1.54) is 0 Å². The number of hydrogen-bond donors (Lipinski definition) is 2. The van der Waals surface area contributed by atoms with Crippen LogP contribution in [0.15, 0.2) is 42.5 Å². The van der Waals surface area contributed by atoms with Gasteiger partial charge in [-0.1, -0.05) is 18.2 Å². The molecule has 132 valence electrons. The molecule has 0 bridgehead atoms. The van der Waals surface area contributed by atoms with Crippen molar-refractivity contribution in [2.75, 3.05) is 19.0 Å². The Bertz CT molecular complexity index is 762. The molecule has 2 rings (SSSR count). The maximum Gasteiger partial charge on any atom is 0.338 e. The van der Waals surface area contributed by atoms with E-state index in [0.717, 1.165) is 22.6 Å². The number of benzene rings is 2. The largest absolute Gasteiger partial charge is 0.497 e. The Morgan fingerprint density at radius 2 is 1.96 bits per heavy atom. The molecule has 0 unspecified atom stereocenters. The second kappa shape index (κ2) is 9.03. The lowest BCUT2D eigenvalue weighted by atomic mass is 10.1. The van der Waals surface area contributed by atoms with Gasteiger partial charge in [-0.05, 0) is 61.5 Å². The van der Waals surface area contributed by atoms with Gasteiger partial charge < -0.3 is 20.1 Å². The van der Waals surface area contributed by atoms with E-state index in [0.29, 0.717) is 23.8 Å². The van der Waals surface area contributed by atoms with Crippen molar-refractivity contribution in [3.05, 3.63) is 59.2 Å². The quantitative estimate of drug-likeness (QED) is 0.607. The number of carbonyl (C=O) groups is 1. The standard InChI is InChI=1S/C19H22N2O3S/c1-4-24-18(22)16-9-6-10-17(13(16)2)21-19(25)20-12-14-7-5-8-15(11-14)23-3/h5-11H,4,12H2,1-3H3,(H2,20,21,25). The fourth-order valence-corrected chi connectivity index (χ4v) is 2.51. The first-order valence-electron chi connectivity index (χ1n) is 7.99. The minimum absolute atomic E-state index is 0.334. The van der Waals surface area contributed by atoms with Crippen LogP contribution in [0.25, 0.3) is 0 Å². The summed E-state index contributed by atoms with van der Waals surface area (Å²) in [6.07, 6.45) is 0. The second-order valence-electron chi connectivity index (χ2n) is 5.36. The van der Waals surface area contributed by atoms with Crippen LogP contribution in [0, 0.1) is 6.92 Å². The Balaban J connectivity index is 2.00. The molecule has 2 aromatic rings. The van der Waals surface area contributed by atoms with E-state index < -0.39 is 0 Å². The first kappa shape index (κ1) is 18.7. The van der Waals surface area contributed by atoms with E-state index >= 15 is 0 Å². The van der Waals surface area contributed by atoms with Gasteiger partial charge in [0.2, 0.25) is 0 Å². The molecule has 0 aliphatic carbocycles. The molecule has 0 heterocycles. The van der Waals surface area contributed by atoms with Crippen molar-refractivity contribution in [1.29, 1.82) is 0 Å². The van der Waals surface area contributed by atoms with Gasteiger partial charge in [-0.2, -0.15) is 0 Å². The molecular weight excluding hydrogens is 336 g/mol. The topological polar surface area (TPSA) is 59.6 Å². The van der Waals surface area contributed by atoms with Crippen molar-refractivity contribution >= 4 is 29.0 Å². The average Bonchev–Trinajstić information content (AvgIpc) is 2.62. The van der Waals surface area contributed by atoms with E-state index in [2.05, 4.69) is 10.6 Å². The van der Waals surface area contributed by atoms with Crippen molar-refractivity contribution in [2.45, 2.75) is 20.4 Å². The predicted molar refractivity (Wildman–Crippen MR) is 103 cm³/mol. The number of methoxy groups -OCH3 is 1. The number of anilines is 1. The van der Waals surface area contributed by atoms with Crippen LogP contribution < -0.4 is 15.4 Å². The Kier molecular flexibility index (Phi) is 6.77. The number of thiocarbonyl (C=S) groups is 1. The van der Waals surface area contributed by atoms with Crippen molar-refractivity contribution < 1.29 is 14.3 Å². The molecule has 0 saturated heterocycles. The molecule has 2 N–H and O–H groups in total. The summed E-state index contributed by atoms with van der Waals surface area (Å²) in [5.74, 6) is 0.468. The molecule has 0 amide bonds. The zero-order chi connectivity index (χ0) is 18.2. The molecule has 0 aromatic heterocycles. The van der Waals surface area contributed by atoms with Gasteiger partial charge in [-0.15, -0.1) is 0 Å². The summed E-state index contributed by atoms with van der Waals surface area (Å²) >= 11 is 5.35. The Labute approximate surface area is 153 Å². The van der Waals surface area contributed by atoms with Gasteiger partial charge in [0.15, 0.2) is 5.11 Å². The lowest BCUT2D eigenvalue weighted by Gasteiger charge is -2.15. The lowest BCUT2D eigenvalue weighted by molar-refractivity contribution is 0.0525. The molecule has 0 saturated carbocycles. The molecule has 5 nitrogen and oxygen atoms in total. The van der Waals surface area contributed by atoms with Gasteiger partial charge in [-0.3, -0.25) is 0 Å². The molecule has 0 aliphatic heterocycles. The van der Waals surface area contributed by atoms with Gasteiger partial charge in [0.05, 0.1) is 19.3 Å². The molecule has 2 aromatic carbocycles. The number of carbonyl (C=O) groups excluding carboxylic acids is 1. The number of esters is 1. The number of nitrogens with one attached hydrogen (secondary N) is 2. The summed E-state index contributed by atoms with van der Waals surface area (Å²) in [4.78, 5) is 12.0. The Morgan fingerprint density at radius 1 is 1.20 bits per heavy atom. The van der Waals surface area contributed by atoms with Crippen molar-refractivity contribution in [1.82, 2.24) is 5.32 Å². The maximum absolute atomic E-state index is 12.0. The van der Waals surface area contributed by atoms with Gasteiger partial charge in [0.25, 0.3) is 0 Å². The summed E-state index contributed by atoms with van der Waals surface area (Å²) in [7, 11) is 1.64. The highest BCUT2D eigenvalue weighted by Crippen LogP contribution is 2.20. The molecular formula is C19H22N2O3S. The van der Waals surface area contributed by atoms with Crippen LogP contribution in [0.2, 0.25) is 0 Å². The fourth-order valence-electron chi connectivity index (χ4n) is 2.33. The third-order valence-corrected chi connectivity index (χ3v) is 3.91. The summed E-state index contributed by atoms with van der Waals surface area (Å²) in [5, 5.41) is 6.75. The van der Waals surface area contributed by atoms with Crippen molar-refractivity contribution in [3.63, 3.8) is 0 Å². The van der Waals surface area contributed by atoms with Crippen LogP contribution in [0.3, 0.4) is 0 Å². The minimum atomic E-state index is -0.334. The highest BCUT2D eigenvalue weighted by Gasteiger charge is 2.13. The summed E-state index contributed by atoms with van der Waals surface area (Å²) in [5.41, 5.74) is 3.16. The fraction of sp³-hybridized carbons (Fsp3) is 0.263.